The summed E-state index contributed by atoms with van der Waals surface area (Å²) < 4.78 is 8.31. The monoisotopic (exact) mass is 452 g/mol. The lowest BCUT2D eigenvalue weighted by molar-refractivity contribution is 0.0706. The summed E-state index contributed by atoms with van der Waals surface area (Å²) in [5, 5.41) is 5.89. The number of carbonyl (C=O) groups is 1. The Bertz CT molecular complexity index is 1300. The van der Waals surface area contributed by atoms with Gasteiger partial charge in [0.15, 0.2) is 0 Å². The van der Waals surface area contributed by atoms with Crippen LogP contribution in [0, 0.1) is 0 Å². The van der Waals surface area contributed by atoms with Crippen LogP contribution in [-0.2, 0) is 7.05 Å². The second-order valence-electron chi connectivity index (χ2n) is 7.04. The Hall–Kier alpha value is -3.20. The highest BCUT2D eigenvalue weighted by molar-refractivity contribution is 9.10. The summed E-state index contributed by atoms with van der Waals surface area (Å²) in [4.78, 5) is 23.8. The number of benzene rings is 1. The largest absolute Gasteiger partial charge is 0.489 e. The fourth-order valence-electron chi connectivity index (χ4n) is 3.78. The van der Waals surface area contributed by atoms with Gasteiger partial charge in [0, 0.05) is 35.7 Å². The van der Waals surface area contributed by atoms with Crippen molar-refractivity contribution in [3.05, 3.63) is 52.4 Å². The molecule has 0 unspecified atom stereocenters. The second-order valence-corrected chi connectivity index (χ2v) is 7.95. The lowest BCUT2D eigenvalue weighted by Crippen LogP contribution is -2.32. The van der Waals surface area contributed by atoms with Gasteiger partial charge in [-0.2, -0.15) is 5.10 Å². The summed E-state index contributed by atoms with van der Waals surface area (Å²) in [6.45, 7) is 0.374. The molecule has 5 rings (SSSR count). The number of fused-ring (bicyclic) bond motifs is 4. The molecule has 0 saturated carbocycles. The van der Waals surface area contributed by atoms with Crippen LogP contribution in [0.1, 0.15) is 22.1 Å². The van der Waals surface area contributed by atoms with Gasteiger partial charge in [0.05, 0.1) is 22.6 Å². The average molecular weight is 453 g/mol. The molecule has 0 fully saturated rings. The molecule has 2 N–H and O–H groups in total. The van der Waals surface area contributed by atoms with Crippen LogP contribution in [0.15, 0.2) is 41.1 Å². The summed E-state index contributed by atoms with van der Waals surface area (Å²) in [7, 11) is 3.61. The molecule has 0 saturated heterocycles. The lowest BCUT2D eigenvalue weighted by atomic mass is 10.1. The van der Waals surface area contributed by atoms with E-state index in [0.29, 0.717) is 23.7 Å². The molecule has 146 valence electrons. The molecule has 4 aromatic rings. The number of amides is 1. The Labute approximate surface area is 174 Å². The van der Waals surface area contributed by atoms with Crippen molar-refractivity contribution >= 4 is 49.5 Å². The first-order valence-corrected chi connectivity index (χ1v) is 9.79. The van der Waals surface area contributed by atoms with E-state index in [9.17, 15) is 4.79 Å². The van der Waals surface area contributed by atoms with Crippen molar-refractivity contribution in [3.8, 4) is 5.75 Å². The highest BCUT2D eigenvalue weighted by Gasteiger charge is 2.32. The van der Waals surface area contributed by atoms with Crippen molar-refractivity contribution in [1.29, 1.82) is 0 Å². The van der Waals surface area contributed by atoms with Gasteiger partial charge in [0.1, 0.15) is 29.9 Å². The number of carbonyl (C=O) groups excluding carboxylic acids is 1. The Morgan fingerprint density at radius 1 is 1.31 bits per heavy atom. The number of rotatable bonds is 2. The Balaban J connectivity index is 1.56. The maximum atomic E-state index is 13.2. The zero-order valence-electron chi connectivity index (χ0n) is 15.8. The van der Waals surface area contributed by atoms with Gasteiger partial charge in [0.25, 0.3) is 5.91 Å². The number of nitrogens with two attached hydrogens (primary N) is 1. The number of pyridine rings is 2. The van der Waals surface area contributed by atoms with Gasteiger partial charge in [-0.3, -0.25) is 14.5 Å². The first kappa shape index (κ1) is 17.9. The maximum absolute atomic E-state index is 13.2. The third kappa shape index (κ3) is 2.72. The van der Waals surface area contributed by atoms with E-state index in [1.54, 1.807) is 35.1 Å². The normalized spacial score (nSPS) is 15.5. The van der Waals surface area contributed by atoms with Gasteiger partial charge < -0.3 is 15.4 Å². The van der Waals surface area contributed by atoms with Crippen LogP contribution in [0.25, 0.3) is 21.8 Å². The van der Waals surface area contributed by atoms with Crippen LogP contribution in [0.4, 0.5) is 5.82 Å². The highest BCUT2D eigenvalue weighted by atomic mass is 79.9. The van der Waals surface area contributed by atoms with E-state index in [1.165, 1.54) is 0 Å². The van der Waals surface area contributed by atoms with E-state index in [-0.39, 0.29) is 11.9 Å². The molecule has 0 aliphatic carbocycles. The van der Waals surface area contributed by atoms with Crippen molar-refractivity contribution < 1.29 is 9.53 Å². The third-order valence-electron chi connectivity index (χ3n) is 5.30. The van der Waals surface area contributed by atoms with Crippen LogP contribution in [0.2, 0.25) is 0 Å². The Morgan fingerprint density at radius 3 is 2.97 bits per heavy atom. The molecule has 1 aliphatic heterocycles. The number of ether oxygens (including phenoxy) is 1. The predicted octanol–water partition coefficient (Wildman–Crippen LogP) is 3.07. The van der Waals surface area contributed by atoms with Crippen LogP contribution < -0.4 is 10.5 Å². The molecule has 0 spiro atoms. The second kappa shape index (κ2) is 6.41. The van der Waals surface area contributed by atoms with Crippen molar-refractivity contribution in [2.75, 3.05) is 19.4 Å². The number of hydrogen-bond acceptors (Lipinski definition) is 6. The summed E-state index contributed by atoms with van der Waals surface area (Å²) >= 11 is 3.39. The smallest absolute Gasteiger partial charge is 0.254 e. The molecular weight excluding hydrogens is 436 g/mol. The molecule has 1 atom stereocenters. The number of hydrogen-bond donors (Lipinski definition) is 1. The molecule has 3 aromatic heterocycles. The molecule has 1 amide bonds. The molecule has 1 aromatic carbocycles. The minimum atomic E-state index is -0.248. The number of aryl methyl sites for hydroxylation is 1. The summed E-state index contributed by atoms with van der Waals surface area (Å²) in [5.74, 6) is 0.998. The number of aromatic nitrogens is 4. The van der Waals surface area contributed by atoms with E-state index in [4.69, 9.17) is 10.5 Å². The molecule has 0 bridgehead atoms. The van der Waals surface area contributed by atoms with E-state index < -0.39 is 0 Å². The summed E-state index contributed by atoms with van der Waals surface area (Å²) in [6.07, 6.45) is 3.40. The number of nitrogens with zero attached hydrogens (tertiary/aromatic N) is 5. The number of nitrogen functional groups attached to an aromatic ring is 1. The first-order chi connectivity index (χ1) is 13.9. The Morgan fingerprint density at radius 2 is 2.14 bits per heavy atom. The third-order valence-corrected chi connectivity index (χ3v) is 5.74. The SMILES string of the molecule is CN(C(=O)c1ccc2nc(N)c3cnn(C)c3c2c1)[C@H]1COc2cc(Br)cnc21. The molecule has 0 radical (unpaired) electrons. The highest BCUT2D eigenvalue weighted by Crippen LogP contribution is 2.36. The number of likely N-dealkylation sites (N-methyl/N-ethyl adjacent to an activating group) is 1. The fourth-order valence-corrected chi connectivity index (χ4v) is 4.09. The zero-order valence-corrected chi connectivity index (χ0v) is 17.3. The molecule has 1 aliphatic rings. The van der Waals surface area contributed by atoms with Gasteiger partial charge in [-0.25, -0.2) is 4.98 Å². The standard InChI is InChI=1S/C20H17BrN6O2/c1-26(15-9-29-16-6-11(21)7-23-17(15)16)20(28)10-3-4-14-12(5-10)18-13(19(22)25-14)8-24-27(18)2/h3-8,15H,9H2,1-2H3,(H2,22,25)/t15-/m0/s1. The van der Waals surface area contributed by atoms with Crippen molar-refractivity contribution in [2.24, 2.45) is 7.05 Å². The van der Waals surface area contributed by atoms with Gasteiger partial charge in [-0.1, -0.05) is 0 Å². The average Bonchev–Trinajstić information content (AvgIpc) is 3.30. The van der Waals surface area contributed by atoms with E-state index >= 15 is 0 Å². The lowest BCUT2D eigenvalue weighted by Gasteiger charge is -2.23. The quantitative estimate of drug-likeness (QED) is 0.501. The van der Waals surface area contributed by atoms with E-state index in [1.807, 2.05) is 25.2 Å². The summed E-state index contributed by atoms with van der Waals surface area (Å²) in [5.41, 5.74) is 8.94. The van der Waals surface area contributed by atoms with Crippen LogP contribution in [0.5, 0.6) is 5.75 Å². The Kier molecular flexibility index (Phi) is 3.95. The molecule has 9 heteroatoms. The van der Waals surface area contributed by atoms with Crippen LogP contribution in [0.3, 0.4) is 0 Å². The maximum Gasteiger partial charge on any atom is 0.254 e. The van der Waals surface area contributed by atoms with Crippen LogP contribution in [-0.4, -0.2) is 44.2 Å². The predicted molar refractivity (Wildman–Crippen MR) is 113 cm³/mol. The van der Waals surface area contributed by atoms with E-state index in [2.05, 4.69) is 31.0 Å². The molecular formula is C20H17BrN6O2. The van der Waals surface area contributed by atoms with Gasteiger partial charge in [-0.05, 0) is 40.2 Å². The summed E-state index contributed by atoms with van der Waals surface area (Å²) in [6, 6.07) is 7.04. The van der Waals surface area contributed by atoms with Gasteiger partial charge >= 0.3 is 0 Å². The van der Waals surface area contributed by atoms with Gasteiger partial charge in [-0.15, -0.1) is 0 Å². The topological polar surface area (TPSA) is 99.2 Å². The molecule has 29 heavy (non-hydrogen) atoms. The molecule has 4 heterocycles. The zero-order chi connectivity index (χ0) is 20.3. The van der Waals surface area contributed by atoms with Gasteiger partial charge in [0.2, 0.25) is 0 Å². The minimum absolute atomic E-state index is 0.120. The number of halogens is 1. The fraction of sp³-hybridized carbons (Fsp3) is 0.200. The number of anilines is 1. The van der Waals surface area contributed by atoms with E-state index in [0.717, 1.165) is 32.0 Å². The first-order valence-electron chi connectivity index (χ1n) is 9.00. The minimum Gasteiger partial charge on any atom is -0.489 e. The van der Waals surface area contributed by atoms with Crippen molar-refractivity contribution in [3.63, 3.8) is 0 Å². The van der Waals surface area contributed by atoms with Crippen LogP contribution >= 0.6 is 15.9 Å². The van der Waals surface area contributed by atoms with Crippen molar-refractivity contribution in [1.82, 2.24) is 24.6 Å². The van der Waals surface area contributed by atoms with Crippen molar-refractivity contribution in [2.45, 2.75) is 6.04 Å². The molecule has 8 nitrogen and oxygen atoms in total.